The molecule has 0 atom stereocenters. The number of carbonyl (C=O) groups excluding carboxylic acids is 3. The van der Waals surface area contributed by atoms with Crippen LogP contribution in [0.1, 0.15) is 47.4 Å². The van der Waals surface area contributed by atoms with Gasteiger partial charge in [0.2, 0.25) is 5.91 Å². The first-order valence-corrected chi connectivity index (χ1v) is 10.6. The Morgan fingerprint density at radius 2 is 1.77 bits per heavy atom. The van der Waals surface area contributed by atoms with E-state index < -0.39 is 11.7 Å². The summed E-state index contributed by atoms with van der Waals surface area (Å²) < 4.78 is 13.8. The molecule has 1 heterocycles. The van der Waals surface area contributed by atoms with Crippen molar-refractivity contribution in [2.45, 2.75) is 26.7 Å². The molecule has 0 bridgehead atoms. The van der Waals surface area contributed by atoms with Crippen LogP contribution in [-0.4, -0.2) is 42.3 Å². The lowest BCUT2D eigenvalue weighted by molar-refractivity contribution is -0.126. The van der Waals surface area contributed by atoms with Gasteiger partial charge in [-0.05, 0) is 49.1 Å². The zero-order chi connectivity index (χ0) is 22.4. The molecule has 1 fully saturated rings. The predicted octanol–water partition coefficient (Wildman–Crippen LogP) is 3.70. The molecule has 0 aliphatic carbocycles. The molecule has 7 heteroatoms. The number of hydrogen-bond acceptors (Lipinski definition) is 3. The highest BCUT2D eigenvalue weighted by Crippen LogP contribution is 2.21. The van der Waals surface area contributed by atoms with Crippen LogP contribution in [0.2, 0.25) is 0 Å². The molecule has 6 nitrogen and oxygen atoms in total. The number of anilines is 1. The molecule has 2 N–H and O–H groups in total. The molecule has 31 heavy (non-hydrogen) atoms. The van der Waals surface area contributed by atoms with Crippen LogP contribution in [0.5, 0.6) is 0 Å². The zero-order valence-corrected chi connectivity index (χ0v) is 17.9. The number of piperidine rings is 1. The van der Waals surface area contributed by atoms with Crippen LogP contribution >= 0.6 is 0 Å². The zero-order valence-electron chi connectivity index (χ0n) is 17.9. The van der Waals surface area contributed by atoms with Crippen LogP contribution in [0, 0.1) is 17.7 Å². The fraction of sp³-hybridized carbons (Fsp3) is 0.375. The molecule has 2 aromatic carbocycles. The summed E-state index contributed by atoms with van der Waals surface area (Å²) in [6.07, 6.45) is 1.25. The molecule has 2 aromatic rings. The number of amides is 3. The first-order chi connectivity index (χ1) is 14.8. The molecular weight excluding hydrogens is 397 g/mol. The van der Waals surface area contributed by atoms with E-state index in [0.29, 0.717) is 49.6 Å². The SMILES string of the molecule is CC(C)CNC(=O)C1CCN(C(=O)c2cccc(NC(=O)c3ccccc3F)c2)CC1. The molecule has 1 saturated heterocycles. The van der Waals surface area contributed by atoms with Gasteiger partial charge < -0.3 is 15.5 Å². The lowest BCUT2D eigenvalue weighted by atomic mass is 9.95. The van der Waals surface area contributed by atoms with Crippen molar-refractivity contribution in [1.29, 1.82) is 0 Å². The Kier molecular flexibility index (Phi) is 7.39. The Labute approximate surface area is 181 Å². The molecular formula is C24H28FN3O3. The number of hydrogen-bond donors (Lipinski definition) is 2. The number of halogens is 1. The van der Waals surface area contributed by atoms with Gasteiger partial charge in [-0.1, -0.05) is 32.0 Å². The largest absolute Gasteiger partial charge is 0.356 e. The van der Waals surface area contributed by atoms with E-state index in [4.69, 9.17) is 0 Å². The number of benzene rings is 2. The summed E-state index contributed by atoms with van der Waals surface area (Å²) in [5.74, 6) is -0.948. The maximum absolute atomic E-state index is 13.8. The van der Waals surface area contributed by atoms with Crippen LogP contribution in [0.3, 0.4) is 0 Å². The first-order valence-electron chi connectivity index (χ1n) is 10.6. The Morgan fingerprint density at radius 1 is 1.06 bits per heavy atom. The number of nitrogens with zero attached hydrogens (tertiary/aromatic N) is 1. The van der Waals surface area contributed by atoms with Gasteiger partial charge in [-0.25, -0.2) is 4.39 Å². The molecule has 3 rings (SSSR count). The maximum Gasteiger partial charge on any atom is 0.258 e. The van der Waals surface area contributed by atoms with E-state index in [1.165, 1.54) is 18.2 Å². The summed E-state index contributed by atoms with van der Waals surface area (Å²) in [5, 5.41) is 5.60. The third kappa shape index (κ3) is 5.90. The fourth-order valence-corrected chi connectivity index (χ4v) is 3.55. The molecule has 164 valence electrons. The van der Waals surface area contributed by atoms with E-state index in [1.54, 1.807) is 35.2 Å². The van der Waals surface area contributed by atoms with E-state index in [2.05, 4.69) is 24.5 Å². The molecule has 3 amide bonds. The van der Waals surface area contributed by atoms with E-state index >= 15 is 0 Å². The Morgan fingerprint density at radius 3 is 2.45 bits per heavy atom. The highest BCUT2D eigenvalue weighted by Gasteiger charge is 2.28. The van der Waals surface area contributed by atoms with Gasteiger partial charge in [0.1, 0.15) is 5.82 Å². The minimum absolute atomic E-state index is 0.0543. The number of rotatable bonds is 6. The van der Waals surface area contributed by atoms with Crippen LogP contribution in [0.15, 0.2) is 48.5 Å². The fourth-order valence-electron chi connectivity index (χ4n) is 3.55. The summed E-state index contributed by atoms with van der Waals surface area (Å²) in [6.45, 7) is 5.76. The van der Waals surface area contributed by atoms with Gasteiger partial charge >= 0.3 is 0 Å². The second kappa shape index (κ2) is 10.2. The van der Waals surface area contributed by atoms with Gasteiger partial charge in [0.25, 0.3) is 11.8 Å². The van der Waals surface area contributed by atoms with E-state index in [1.807, 2.05) is 0 Å². The van der Waals surface area contributed by atoms with E-state index in [9.17, 15) is 18.8 Å². The summed E-state index contributed by atoms with van der Waals surface area (Å²) in [7, 11) is 0. The van der Waals surface area contributed by atoms with Crippen LogP contribution < -0.4 is 10.6 Å². The third-order valence-corrected chi connectivity index (χ3v) is 5.32. The molecule has 1 aliphatic rings. The number of nitrogens with one attached hydrogen (secondary N) is 2. The average Bonchev–Trinajstić information content (AvgIpc) is 2.77. The minimum Gasteiger partial charge on any atom is -0.356 e. The normalized spacial score (nSPS) is 14.4. The van der Waals surface area contributed by atoms with Crippen molar-refractivity contribution in [2.24, 2.45) is 11.8 Å². The Balaban J connectivity index is 1.59. The van der Waals surface area contributed by atoms with Gasteiger partial charge in [0, 0.05) is 36.8 Å². The van der Waals surface area contributed by atoms with Gasteiger partial charge in [-0.2, -0.15) is 0 Å². The van der Waals surface area contributed by atoms with Gasteiger partial charge in [0.15, 0.2) is 0 Å². The third-order valence-electron chi connectivity index (χ3n) is 5.32. The van der Waals surface area contributed by atoms with Crippen molar-refractivity contribution in [3.63, 3.8) is 0 Å². The molecule has 0 aromatic heterocycles. The van der Waals surface area contributed by atoms with Gasteiger partial charge in [-0.3, -0.25) is 14.4 Å². The standard InChI is InChI=1S/C24H28FN3O3/c1-16(2)15-26-22(29)17-10-12-28(13-11-17)24(31)18-6-5-7-19(14-18)27-23(30)20-8-3-4-9-21(20)25/h3-9,14,16-17H,10-13,15H2,1-2H3,(H,26,29)(H,27,30). The van der Waals surface area contributed by atoms with Crippen molar-refractivity contribution in [3.05, 3.63) is 65.5 Å². The molecule has 0 spiro atoms. The Hall–Kier alpha value is -3.22. The first kappa shape index (κ1) is 22.5. The summed E-state index contributed by atoms with van der Waals surface area (Å²) in [4.78, 5) is 39.2. The minimum atomic E-state index is -0.604. The quantitative estimate of drug-likeness (QED) is 0.741. The van der Waals surface area contributed by atoms with Gasteiger partial charge in [0.05, 0.1) is 5.56 Å². The van der Waals surface area contributed by atoms with Crippen molar-refractivity contribution in [3.8, 4) is 0 Å². The van der Waals surface area contributed by atoms with Gasteiger partial charge in [-0.15, -0.1) is 0 Å². The van der Waals surface area contributed by atoms with Crippen molar-refractivity contribution in [1.82, 2.24) is 10.2 Å². The highest BCUT2D eigenvalue weighted by atomic mass is 19.1. The maximum atomic E-state index is 13.8. The smallest absolute Gasteiger partial charge is 0.258 e. The monoisotopic (exact) mass is 425 g/mol. The molecule has 0 radical (unpaired) electrons. The number of carbonyl (C=O) groups is 3. The van der Waals surface area contributed by atoms with Crippen LogP contribution in [0.25, 0.3) is 0 Å². The molecule has 0 saturated carbocycles. The van der Waals surface area contributed by atoms with Crippen LogP contribution in [0.4, 0.5) is 10.1 Å². The highest BCUT2D eigenvalue weighted by molar-refractivity contribution is 6.05. The second-order valence-electron chi connectivity index (χ2n) is 8.22. The molecule has 1 aliphatic heterocycles. The second-order valence-corrected chi connectivity index (χ2v) is 8.22. The average molecular weight is 426 g/mol. The summed E-state index contributed by atoms with van der Waals surface area (Å²) in [5.41, 5.74) is 0.799. The van der Waals surface area contributed by atoms with Crippen molar-refractivity contribution >= 4 is 23.4 Å². The predicted molar refractivity (Wildman–Crippen MR) is 117 cm³/mol. The summed E-state index contributed by atoms with van der Waals surface area (Å²) >= 11 is 0. The van der Waals surface area contributed by atoms with Crippen LogP contribution in [-0.2, 0) is 4.79 Å². The van der Waals surface area contributed by atoms with E-state index in [0.717, 1.165) is 0 Å². The van der Waals surface area contributed by atoms with Crippen molar-refractivity contribution < 1.29 is 18.8 Å². The Bertz CT molecular complexity index is 953. The lowest BCUT2D eigenvalue weighted by Crippen LogP contribution is -2.43. The molecule has 0 unspecified atom stereocenters. The van der Waals surface area contributed by atoms with Crippen molar-refractivity contribution in [2.75, 3.05) is 25.0 Å². The summed E-state index contributed by atoms with van der Waals surface area (Å²) in [6, 6.07) is 12.3. The lowest BCUT2D eigenvalue weighted by Gasteiger charge is -2.31. The number of likely N-dealkylation sites (tertiary alicyclic amines) is 1. The van der Waals surface area contributed by atoms with E-state index in [-0.39, 0.29) is 23.3 Å². The topological polar surface area (TPSA) is 78.5 Å².